The quantitative estimate of drug-likeness (QED) is 0.276. The first-order chi connectivity index (χ1) is 10.1. The number of hydrogen-bond acceptors (Lipinski definition) is 3. The molecule has 0 saturated carbocycles. The molecule has 1 unspecified atom stereocenters. The third-order valence-corrected chi connectivity index (χ3v) is 4.31. The Morgan fingerprint density at radius 3 is 2.10 bits per heavy atom. The lowest BCUT2D eigenvalue weighted by Gasteiger charge is -2.21. The molecule has 1 atom stereocenters. The third-order valence-electron chi connectivity index (χ3n) is 4.31. The topological polar surface area (TPSA) is 38.8 Å². The van der Waals surface area contributed by atoms with E-state index in [9.17, 15) is 4.79 Å². The molecule has 0 aliphatic carbocycles. The van der Waals surface area contributed by atoms with Gasteiger partial charge < -0.3 is 9.47 Å². The standard InChI is InChI=1S/C18H34O3/c1-4-20-17(19)18(2,3)14-12-10-8-6-5-7-9-11-13-16-15-21-16/h16H,4-15H2,1-3H3. The fraction of sp³-hybridized carbons (Fsp3) is 0.944. The summed E-state index contributed by atoms with van der Waals surface area (Å²) in [6.45, 7) is 7.34. The Bertz CT molecular complexity index is 282. The second-order valence-corrected chi connectivity index (χ2v) is 6.93. The highest BCUT2D eigenvalue weighted by atomic mass is 16.6. The molecule has 1 heterocycles. The lowest BCUT2D eigenvalue weighted by atomic mass is 9.87. The van der Waals surface area contributed by atoms with E-state index in [-0.39, 0.29) is 11.4 Å². The zero-order chi connectivity index (χ0) is 15.6. The fourth-order valence-corrected chi connectivity index (χ4v) is 2.66. The van der Waals surface area contributed by atoms with Crippen molar-refractivity contribution in [3.63, 3.8) is 0 Å². The van der Waals surface area contributed by atoms with Crippen LogP contribution in [-0.2, 0) is 14.3 Å². The minimum Gasteiger partial charge on any atom is -0.466 e. The summed E-state index contributed by atoms with van der Waals surface area (Å²) in [5.74, 6) is -0.0513. The van der Waals surface area contributed by atoms with Crippen molar-refractivity contribution in [3.8, 4) is 0 Å². The van der Waals surface area contributed by atoms with Crippen molar-refractivity contribution in [2.45, 2.75) is 91.1 Å². The molecule has 1 fully saturated rings. The van der Waals surface area contributed by atoms with Gasteiger partial charge in [-0.05, 0) is 33.6 Å². The molecule has 124 valence electrons. The molecule has 0 spiro atoms. The molecule has 1 rings (SSSR count). The lowest BCUT2D eigenvalue weighted by Crippen LogP contribution is -2.26. The van der Waals surface area contributed by atoms with Gasteiger partial charge in [0, 0.05) is 0 Å². The first-order valence-corrected chi connectivity index (χ1v) is 8.85. The molecule has 0 aromatic heterocycles. The van der Waals surface area contributed by atoms with Crippen LogP contribution in [0.1, 0.15) is 85.0 Å². The van der Waals surface area contributed by atoms with E-state index in [1.54, 1.807) is 0 Å². The van der Waals surface area contributed by atoms with E-state index in [2.05, 4.69) is 0 Å². The second-order valence-electron chi connectivity index (χ2n) is 6.93. The lowest BCUT2D eigenvalue weighted by molar-refractivity contribution is -0.153. The number of rotatable bonds is 13. The van der Waals surface area contributed by atoms with Gasteiger partial charge >= 0.3 is 5.97 Å². The van der Waals surface area contributed by atoms with Crippen LogP contribution in [-0.4, -0.2) is 25.3 Å². The minimum atomic E-state index is -0.319. The average Bonchev–Trinajstić information content (AvgIpc) is 3.25. The Morgan fingerprint density at radius 2 is 1.57 bits per heavy atom. The summed E-state index contributed by atoms with van der Waals surface area (Å²) in [4.78, 5) is 11.8. The van der Waals surface area contributed by atoms with Gasteiger partial charge in [0.15, 0.2) is 0 Å². The number of unbranched alkanes of at least 4 members (excludes halogenated alkanes) is 7. The van der Waals surface area contributed by atoms with E-state index in [4.69, 9.17) is 9.47 Å². The summed E-state index contributed by atoms with van der Waals surface area (Å²) in [5, 5.41) is 0. The predicted octanol–water partition coefficient (Wildman–Crippen LogP) is 4.88. The van der Waals surface area contributed by atoms with Crippen molar-refractivity contribution < 1.29 is 14.3 Å². The van der Waals surface area contributed by atoms with Crippen molar-refractivity contribution in [2.24, 2.45) is 5.41 Å². The Labute approximate surface area is 130 Å². The van der Waals surface area contributed by atoms with Crippen LogP contribution in [0.4, 0.5) is 0 Å². The molecule has 0 aromatic carbocycles. The summed E-state index contributed by atoms with van der Waals surface area (Å²) in [6.07, 6.45) is 13.2. The summed E-state index contributed by atoms with van der Waals surface area (Å²) in [7, 11) is 0. The van der Waals surface area contributed by atoms with Crippen molar-refractivity contribution in [1.82, 2.24) is 0 Å². The molecule has 21 heavy (non-hydrogen) atoms. The van der Waals surface area contributed by atoms with Gasteiger partial charge in [0.1, 0.15) is 0 Å². The third kappa shape index (κ3) is 9.13. The van der Waals surface area contributed by atoms with Crippen LogP contribution in [0.3, 0.4) is 0 Å². The minimum absolute atomic E-state index is 0.0513. The number of esters is 1. The van der Waals surface area contributed by atoms with E-state index in [1.165, 1.54) is 51.4 Å². The molecule has 1 aliphatic rings. The number of ether oxygens (including phenoxy) is 2. The summed E-state index contributed by atoms with van der Waals surface area (Å²) >= 11 is 0. The van der Waals surface area contributed by atoms with Crippen LogP contribution >= 0.6 is 0 Å². The van der Waals surface area contributed by atoms with Crippen LogP contribution in [0.25, 0.3) is 0 Å². The van der Waals surface area contributed by atoms with E-state index in [0.29, 0.717) is 12.7 Å². The highest BCUT2D eigenvalue weighted by Gasteiger charge is 2.28. The smallest absolute Gasteiger partial charge is 0.311 e. The van der Waals surface area contributed by atoms with Crippen molar-refractivity contribution in [2.75, 3.05) is 13.2 Å². The number of hydrogen-bond donors (Lipinski definition) is 0. The molecular weight excluding hydrogens is 264 g/mol. The van der Waals surface area contributed by atoms with Crippen LogP contribution in [0.2, 0.25) is 0 Å². The van der Waals surface area contributed by atoms with E-state index in [0.717, 1.165) is 19.4 Å². The largest absolute Gasteiger partial charge is 0.466 e. The summed E-state index contributed by atoms with van der Waals surface area (Å²) in [5.41, 5.74) is -0.319. The molecule has 1 aliphatic heterocycles. The molecule has 0 amide bonds. The normalized spacial score (nSPS) is 17.8. The van der Waals surface area contributed by atoms with Crippen LogP contribution in [0.5, 0.6) is 0 Å². The van der Waals surface area contributed by atoms with Gasteiger partial charge in [0.25, 0.3) is 0 Å². The monoisotopic (exact) mass is 298 g/mol. The predicted molar refractivity (Wildman–Crippen MR) is 86.3 cm³/mol. The van der Waals surface area contributed by atoms with Crippen LogP contribution in [0, 0.1) is 5.41 Å². The van der Waals surface area contributed by atoms with Crippen LogP contribution in [0.15, 0.2) is 0 Å². The second kappa shape index (κ2) is 10.2. The Hall–Kier alpha value is -0.570. The first-order valence-electron chi connectivity index (χ1n) is 8.85. The van der Waals surface area contributed by atoms with Gasteiger partial charge in [-0.3, -0.25) is 4.79 Å². The molecule has 3 heteroatoms. The van der Waals surface area contributed by atoms with E-state index in [1.807, 2.05) is 20.8 Å². The van der Waals surface area contributed by atoms with Gasteiger partial charge in [-0.1, -0.05) is 51.4 Å². The van der Waals surface area contributed by atoms with Gasteiger partial charge in [-0.15, -0.1) is 0 Å². The Balaban J connectivity index is 1.85. The first kappa shape index (κ1) is 18.5. The number of carbonyl (C=O) groups is 1. The van der Waals surface area contributed by atoms with Crippen molar-refractivity contribution in [1.29, 1.82) is 0 Å². The maximum atomic E-state index is 11.8. The summed E-state index contributed by atoms with van der Waals surface area (Å²) in [6, 6.07) is 0. The molecule has 0 radical (unpaired) electrons. The van der Waals surface area contributed by atoms with Gasteiger partial charge in [0.2, 0.25) is 0 Å². The van der Waals surface area contributed by atoms with Crippen molar-refractivity contribution in [3.05, 3.63) is 0 Å². The molecule has 1 saturated heterocycles. The molecular formula is C18H34O3. The van der Waals surface area contributed by atoms with E-state index < -0.39 is 0 Å². The number of epoxide rings is 1. The fourth-order valence-electron chi connectivity index (χ4n) is 2.66. The average molecular weight is 298 g/mol. The zero-order valence-electron chi connectivity index (χ0n) is 14.3. The van der Waals surface area contributed by atoms with Crippen LogP contribution < -0.4 is 0 Å². The highest BCUT2D eigenvalue weighted by molar-refractivity contribution is 5.75. The maximum Gasteiger partial charge on any atom is 0.311 e. The van der Waals surface area contributed by atoms with Crippen molar-refractivity contribution >= 4 is 5.97 Å². The summed E-state index contributed by atoms with van der Waals surface area (Å²) < 4.78 is 10.3. The molecule has 3 nitrogen and oxygen atoms in total. The number of carbonyl (C=O) groups excluding carboxylic acids is 1. The molecule has 0 aromatic rings. The highest BCUT2D eigenvalue weighted by Crippen LogP contribution is 2.26. The Morgan fingerprint density at radius 1 is 1.05 bits per heavy atom. The SMILES string of the molecule is CCOC(=O)C(C)(C)CCCCCCCCCCC1CO1. The van der Waals surface area contributed by atoms with Gasteiger partial charge in [-0.2, -0.15) is 0 Å². The van der Waals surface area contributed by atoms with E-state index >= 15 is 0 Å². The molecule has 0 N–H and O–H groups in total. The maximum absolute atomic E-state index is 11.8. The van der Waals surface area contributed by atoms with Gasteiger partial charge in [-0.25, -0.2) is 0 Å². The van der Waals surface area contributed by atoms with Gasteiger partial charge in [0.05, 0.1) is 24.7 Å². The molecule has 0 bridgehead atoms. The zero-order valence-corrected chi connectivity index (χ0v) is 14.3. The Kier molecular flexibility index (Phi) is 8.98.